The topological polar surface area (TPSA) is 76.9 Å². The number of ether oxygens (including phenoxy) is 2. The van der Waals surface area contributed by atoms with E-state index in [0.29, 0.717) is 12.8 Å². The molecule has 3 heterocycles. The Labute approximate surface area is 240 Å². The molecule has 9 heteroatoms. The van der Waals surface area contributed by atoms with E-state index in [9.17, 15) is 9.59 Å². The summed E-state index contributed by atoms with van der Waals surface area (Å²) in [5.74, 6) is 2.68. The summed E-state index contributed by atoms with van der Waals surface area (Å²) in [7, 11) is 1.80. The van der Waals surface area contributed by atoms with Gasteiger partial charge < -0.3 is 14.4 Å². The number of carbonyl (C=O) groups is 1. The number of hydrogen-bond donors (Lipinski definition) is 0. The van der Waals surface area contributed by atoms with Crippen LogP contribution in [0.5, 0.6) is 11.5 Å². The summed E-state index contributed by atoms with van der Waals surface area (Å²) in [5.41, 5.74) is 5.07. The Morgan fingerprint density at radius 2 is 1.68 bits per heavy atom. The van der Waals surface area contributed by atoms with Gasteiger partial charge in [0.15, 0.2) is 16.7 Å². The predicted molar refractivity (Wildman–Crippen MR) is 157 cm³/mol. The molecule has 0 N–H and O–H groups in total. The largest absolute Gasteiger partial charge is 0.454 e. The maximum absolute atomic E-state index is 13.1. The highest BCUT2D eigenvalue weighted by Crippen LogP contribution is 2.33. The molecular formula is C31H38N4O4S. The summed E-state index contributed by atoms with van der Waals surface area (Å²) in [4.78, 5) is 34.9. The number of nitrogens with zero attached hydrogens (tertiary/aromatic N) is 4. The van der Waals surface area contributed by atoms with Crippen LogP contribution in [0, 0.1) is 13.8 Å². The SMILES string of the molecule is Cc1ccc(Cc2c(C)nc(SCCCCC(=O)N3CCN(Cc4ccc5c(c4)OCO5)CC3)n(C)c2=O)cc1. The minimum absolute atomic E-state index is 0.0171. The zero-order valence-electron chi connectivity index (χ0n) is 23.6. The lowest BCUT2D eigenvalue weighted by atomic mass is 10.0. The molecule has 1 aromatic heterocycles. The van der Waals surface area contributed by atoms with Crippen molar-refractivity contribution in [2.24, 2.45) is 7.05 Å². The molecule has 2 aromatic carbocycles. The number of amides is 1. The Hall–Kier alpha value is -3.30. The van der Waals surface area contributed by atoms with Crippen LogP contribution < -0.4 is 15.0 Å². The Bertz CT molecular complexity index is 1400. The molecule has 2 aliphatic heterocycles. The maximum atomic E-state index is 13.1. The molecule has 2 aliphatic rings. The summed E-state index contributed by atoms with van der Waals surface area (Å²) in [6, 6.07) is 14.4. The van der Waals surface area contributed by atoms with Crippen LogP contribution in [0.15, 0.2) is 52.4 Å². The zero-order chi connectivity index (χ0) is 28.1. The highest BCUT2D eigenvalue weighted by Gasteiger charge is 2.22. The predicted octanol–water partition coefficient (Wildman–Crippen LogP) is 4.32. The molecular weight excluding hydrogens is 524 g/mol. The lowest BCUT2D eigenvalue weighted by Gasteiger charge is -2.34. The van der Waals surface area contributed by atoms with Gasteiger partial charge >= 0.3 is 0 Å². The van der Waals surface area contributed by atoms with Crippen molar-refractivity contribution in [3.8, 4) is 11.5 Å². The second-order valence-electron chi connectivity index (χ2n) is 10.6. The molecule has 0 atom stereocenters. The van der Waals surface area contributed by atoms with E-state index in [1.165, 1.54) is 11.1 Å². The van der Waals surface area contributed by atoms with Crippen molar-refractivity contribution in [3.05, 3.63) is 80.8 Å². The number of piperazine rings is 1. The molecule has 40 heavy (non-hydrogen) atoms. The summed E-state index contributed by atoms with van der Waals surface area (Å²) in [5, 5.41) is 0.736. The van der Waals surface area contributed by atoms with Crippen LogP contribution in [0.4, 0.5) is 0 Å². The second kappa shape index (κ2) is 12.9. The van der Waals surface area contributed by atoms with Crippen molar-refractivity contribution in [2.45, 2.75) is 51.2 Å². The number of hydrogen-bond acceptors (Lipinski definition) is 7. The number of thioether (sulfide) groups is 1. The van der Waals surface area contributed by atoms with Gasteiger partial charge in [0.05, 0.1) is 0 Å². The van der Waals surface area contributed by atoms with Gasteiger partial charge in [-0.15, -0.1) is 0 Å². The van der Waals surface area contributed by atoms with Crippen LogP contribution in [-0.2, 0) is 24.8 Å². The molecule has 0 saturated carbocycles. The van der Waals surface area contributed by atoms with Crippen LogP contribution >= 0.6 is 11.8 Å². The van der Waals surface area contributed by atoms with Crippen molar-refractivity contribution in [3.63, 3.8) is 0 Å². The summed E-state index contributed by atoms with van der Waals surface area (Å²) < 4.78 is 12.5. The average Bonchev–Trinajstić information content (AvgIpc) is 3.43. The summed E-state index contributed by atoms with van der Waals surface area (Å²) in [6.45, 7) is 8.38. The standard InChI is InChI=1S/C31H38N4O4S/c1-22-7-9-24(10-8-22)18-26-23(2)32-31(33(3)30(26)37)40-17-5-4-6-29(36)35-15-13-34(14-16-35)20-25-11-12-27-28(19-25)39-21-38-27/h7-12,19H,4-6,13-18,20-21H2,1-3H3. The highest BCUT2D eigenvalue weighted by molar-refractivity contribution is 7.99. The second-order valence-corrected chi connectivity index (χ2v) is 11.7. The lowest BCUT2D eigenvalue weighted by molar-refractivity contribution is -0.133. The molecule has 0 aliphatic carbocycles. The quantitative estimate of drug-likeness (QED) is 0.207. The normalized spacial score (nSPS) is 15.0. The maximum Gasteiger partial charge on any atom is 0.257 e. The van der Waals surface area contributed by atoms with Gasteiger partial charge in [0.25, 0.3) is 5.56 Å². The number of carbonyl (C=O) groups excluding carboxylic acids is 1. The van der Waals surface area contributed by atoms with Gasteiger partial charge in [-0.05, 0) is 49.9 Å². The molecule has 1 saturated heterocycles. The van der Waals surface area contributed by atoms with Crippen LogP contribution in [0.25, 0.3) is 0 Å². The van der Waals surface area contributed by atoms with E-state index in [2.05, 4.69) is 42.2 Å². The summed E-state index contributed by atoms with van der Waals surface area (Å²) >= 11 is 1.59. The van der Waals surface area contributed by atoms with Crippen LogP contribution in [0.2, 0.25) is 0 Å². The van der Waals surface area contributed by atoms with Crippen molar-refractivity contribution >= 4 is 17.7 Å². The molecule has 0 spiro atoms. The number of benzene rings is 2. The van der Waals surface area contributed by atoms with Gasteiger partial charge in [-0.2, -0.15) is 0 Å². The zero-order valence-corrected chi connectivity index (χ0v) is 24.5. The molecule has 8 nitrogen and oxygen atoms in total. The Morgan fingerprint density at radius 3 is 2.45 bits per heavy atom. The van der Waals surface area contributed by atoms with Crippen LogP contribution in [0.3, 0.4) is 0 Å². The minimum Gasteiger partial charge on any atom is -0.454 e. The number of aromatic nitrogens is 2. The van der Waals surface area contributed by atoms with Crippen LogP contribution in [-0.4, -0.2) is 64.0 Å². The van der Waals surface area contributed by atoms with Crippen molar-refractivity contribution < 1.29 is 14.3 Å². The fourth-order valence-corrected chi connectivity index (χ4v) is 6.13. The lowest BCUT2D eigenvalue weighted by Crippen LogP contribution is -2.48. The van der Waals surface area contributed by atoms with Gasteiger partial charge in [-0.3, -0.25) is 19.1 Å². The first-order valence-corrected chi connectivity index (χ1v) is 15.0. The fraction of sp³-hybridized carbons (Fsp3) is 0.452. The first-order chi connectivity index (χ1) is 19.4. The van der Waals surface area contributed by atoms with Gasteiger partial charge in [0.1, 0.15) is 0 Å². The number of fused-ring (bicyclic) bond motifs is 1. The Kier molecular flexibility index (Phi) is 9.11. The molecule has 5 rings (SSSR count). The molecule has 212 valence electrons. The third-order valence-corrected chi connectivity index (χ3v) is 8.75. The van der Waals surface area contributed by atoms with Gasteiger partial charge in [0.2, 0.25) is 12.7 Å². The van der Waals surface area contributed by atoms with Crippen LogP contribution in [0.1, 0.15) is 47.2 Å². The van der Waals surface area contributed by atoms with E-state index >= 15 is 0 Å². The third kappa shape index (κ3) is 6.88. The van der Waals surface area contributed by atoms with E-state index in [4.69, 9.17) is 14.5 Å². The van der Waals surface area contributed by atoms with Crippen molar-refractivity contribution in [1.29, 1.82) is 0 Å². The number of unbranched alkanes of at least 4 members (excludes halogenated alkanes) is 1. The van der Waals surface area contributed by atoms with Gasteiger partial charge in [-0.25, -0.2) is 4.98 Å². The first kappa shape index (κ1) is 28.2. The molecule has 1 amide bonds. The number of rotatable bonds is 10. The molecule has 1 fully saturated rings. The highest BCUT2D eigenvalue weighted by atomic mass is 32.2. The van der Waals surface area contributed by atoms with Gasteiger partial charge in [-0.1, -0.05) is 47.7 Å². The molecule has 0 unspecified atom stereocenters. The van der Waals surface area contributed by atoms with Crippen molar-refractivity contribution in [1.82, 2.24) is 19.4 Å². The Balaban J connectivity index is 1.02. The van der Waals surface area contributed by atoms with E-state index in [-0.39, 0.29) is 18.3 Å². The van der Waals surface area contributed by atoms with Crippen molar-refractivity contribution in [2.75, 3.05) is 38.7 Å². The van der Waals surface area contributed by atoms with E-state index in [1.807, 2.05) is 24.0 Å². The number of aryl methyl sites for hydroxylation is 2. The molecule has 0 bridgehead atoms. The molecule has 3 aromatic rings. The van der Waals surface area contributed by atoms with E-state index in [0.717, 1.165) is 84.8 Å². The third-order valence-electron chi connectivity index (χ3n) is 7.64. The minimum atomic E-state index is 0.0171. The fourth-order valence-electron chi connectivity index (χ4n) is 5.13. The molecule has 0 radical (unpaired) electrons. The average molecular weight is 563 g/mol. The van der Waals surface area contributed by atoms with E-state index in [1.54, 1.807) is 23.4 Å². The monoisotopic (exact) mass is 562 g/mol. The first-order valence-electron chi connectivity index (χ1n) is 14.0. The summed E-state index contributed by atoms with van der Waals surface area (Å²) in [6.07, 6.45) is 2.89. The van der Waals surface area contributed by atoms with Gasteiger partial charge in [0, 0.05) is 69.6 Å². The van der Waals surface area contributed by atoms with E-state index < -0.39 is 0 Å². The Morgan fingerprint density at radius 1 is 0.950 bits per heavy atom. The smallest absolute Gasteiger partial charge is 0.257 e.